The standard InChI is InChI=1S/C9H13N2O4P/c1-6(12)9(10)5-7-4-8(2-3-11-7)16(13,14)15/h2-4,9H,5,10H2,1H3,(H2,13,14,15)/t9-/m0/s1. The first-order valence-electron chi connectivity index (χ1n) is 4.58. The number of hydrogen-bond donors (Lipinski definition) is 3. The third-order valence-corrected chi connectivity index (χ3v) is 3.04. The summed E-state index contributed by atoms with van der Waals surface area (Å²) < 4.78 is 11.0. The summed E-state index contributed by atoms with van der Waals surface area (Å²) in [6.07, 6.45) is 1.46. The Bertz CT molecular complexity index is 443. The molecule has 16 heavy (non-hydrogen) atoms. The summed E-state index contributed by atoms with van der Waals surface area (Å²) in [5.74, 6) is -0.191. The Morgan fingerprint density at radius 2 is 2.25 bits per heavy atom. The van der Waals surface area contributed by atoms with Crippen molar-refractivity contribution in [3.63, 3.8) is 0 Å². The van der Waals surface area contributed by atoms with Gasteiger partial charge in [0.25, 0.3) is 0 Å². The van der Waals surface area contributed by atoms with Crippen molar-refractivity contribution in [3.05, 3.63) is 24.0 Å². The first-order valence-corrected chi connectivity index (χ1v) is 6.19. The van der Waals surface area contributed by atoms with Gasteiger partial charge in [-0.15, -0.1) is 0 Å². The van der Waals surface area contributed by atoms with E-state index in [1.165, 1.54) is 25.3 Å². The quantitative estimate of drug-likeness (QED) is 0.606. The lowest BCUT2D eigenvalue weighted by Crippen LogP contribution is -2.31. The normalized spacial score (nSPS) is 13.5. The van der Waals surface area contributed by atoms with Crippen LogP contribution >= 0.6 is 7.60 Å². The first kappa shape index (κ1) is 13.0. The number of nitrogens with two attached hydrogens (primary N) is 1. The lowest BCUT2D eigenvalue weighted by atomic mass is 10.1. The molecule has 7 heteroatoms. The minimum absolute atomic E-state index is 0.117. The monoisotopic (exact) mass is 244 g/mol. The van der Waals surface area contributed by atoms with E-state index in [1.807, 2.05) is 0 Å². The van der Waals surface area contributed by atoms with Crippen molar-refractivity contribution in [3.8, 4) is 0 Å². The van der Waals surface area contributed by atoms with Crippen molar-refractivity contribution in [2.75, 3.05) is 0 Å². The zero-order valence-electron chi connectivity index (χ0n) is 8.70. The zero-order valence-corrected chi connectivity index (χ0v) is 9.59. The highest BCUT2D eigenvalue weighted by molar-refractivity contribution is 7.60. The molecule has 1 aromatic heterocycles. The smallest absolute Gasteiger partial charge is 0.321 e. The number of rotatable bonds is 4. The average Bonchev–Trinajstić information content (AvgIpc) is 2.16. The molecule has 0 spiro atoms. The molecule has 0 aliphatic rings. The molecule has 4 N–H and O–H groups in total. The largest absolute Gasteiger partial charge is 0.356 e. The van der Waals surface area contributed by atoms with Crippen LogP contribution in [0.25, 0.3) is 0 Å². The van der Waals surface area contributed by atoms with Crippen LogP contribution in [0.3, 0.4) is 0 Å². The number of carbonyl (C=O) groups excluding carboxylic acids is 1. The highest BCUT2D eigenvalue weighted by atomic mass is 31.2. The van der Waals surface area contributed by atoms with Crippen LogP contribution in [0, 0.1) is 0 Å². The molecule has 0 saturated heterocycles. The van der Waals surface area contributed by atoms with E-state index in [-0.39, 0.29) is 17.5 Å². The second-order valence-corrected chi connectivity index (χ2v) is 5.08. The summed E-state index contributed by atoms with van der Waals surface area (Å²) in [6.45, 7) is 1.36. The molecule has 0 aromatic carbocycles. The second-order valence-electron chi connectivity index (χ2n) is 3.47. The minimum atomic E-state index is -4.28. The predicted octanol–water partition coefficient (Wildman–Crippen LogP) is -0.657. The second kappa shape index (κ2) is 4.84. The van der Waals surface area contributed by atoms with E-state index in [0.29, 0.717) is 5.69 Å². The molecule has 0 radical (unpaired) electrons. The molecular formula is C9H13N2O4P. The molecule has 1 aromatic rings. The number of carbonyl (C=O) groups is 1. The van der Waals surface area contributed by atoms with Gasteiger partial charge >= 0.3 is 7.60 Å². The lowest BCUT2D eigenvalue weighted by Gasteiger charge is -2.09. The van der Waals surface area contributed by atoms with Gasteiger partial charge in [0.15, 0.2) is 0 Å². The Balaban J connectivity index is 2.92. The third kappa shape index (κ3) is 3.50. The van der Waals surface area contributed by atoms with Crippen LogP contribution in [0.4, 0.5) is 0 Å². The van der Waals surface area contributed by atoms with Gasteiger partial charge in [-0.1, -0.05) is 0 Å². The van der Waals surface area contributed by atoms with Crippen molar-refractivity contribution in [1.29, 1.82) is 0 Å². The van der Waals surface area contributed by atoms with Crippen molar-refractivity contribution >= 4 is 18.7 Å². The molecule has 1 heterocycles. The predicted molar refractivity (Wildman–Crippen MR) is 58.3 cm³/mol. The summed E-state index contributed by atoms with van der Waals surface area (Å²) in [6, 6.07) is 1.81. The SMILES string of the molecule is CC(=O)[C@@H](N)Cc1cc(P(=O)(O)O)ccn1. The molecule has 0 bridgehead atoms. The Morgan fingerprint density at radius 3 is 2.75 bits per heavy atom. The van der Waals surface area contributed by atoms with Crippen LogP contribution in [-0.2, 0) is 15.8 Å². The van der Waals surface area contributed by atoms with Gasteiger partial charge in [-0.05, 0) is 19.1 Å². The van der Waals surface area contributed by atoms with Gasteiger partial charge in [0, 0.05) is 18.3 Å². The van der Waals surface area contributed by atoms with E-state index in [0.717, 1.165) is 0 Å². The fraction of sp³-hybridized carbons (Fsp3) is 0.333. The van der Waals surface area contributed by atoms with Gasteiger partial charge in [-0.2, -0.15) is 0 Å². The molecule has 0 fully saturated rings. The van der Waals surface area contributed by atoms with E-state index in [4.69, 9.17) is 15.5 Å². The highest BCUT2D eigenvalue weighted by Gasteiger charge is 2.18. The fourth-order valence-electron chi connectivity index (χ4n) is 1.13. The molecule has 1 rings (SSSR count). The summed E-state index contributed by atoms with van der Waals surface area (Å²) in [4.78, 5) is 32.7. The molecule has 0 aliphatic heterocycles. The maximum Gasteiger partial charge on any atom is 0.356 e. The lowest BCUT2D eigenvalue weighted by molar-refractivity contribution is -0.118. The average molecular weight is 244 g/mol. The Morgan fingerprint density at radius 1 is 1.62 bits per heavy atom. The molecular weight excluding hydrogens is 231 g/mol. The van der Waals surface area contributed by atoms with Gasteiger partial charge in [0.1, 0.15) is 5.78 Å². The van der Waals surface area contributed by atoms with Crippen LogP contribution in [0.5, 0.6) is 0 Å². The summed E-state index contributed by atoms with van der Waals surface area (Å²) >= 11 is 0. The summed E-state index contributed by atoms with van der Waals surface area (Å²) in [5.41, 5.74) is 5.92. The van der Waals surface area contributed by atoms with Crippen molar-refractivity contribution in [1.82, 2.24) is 4.98 Å². The van der Waals surface area contributed by atoms with E-state index in [9.17, 15) is 9.36 Å². The van der Waals surface area contributed by atoms with Gasteiger partial charge in [-0.25, -0.2) is 0 Å². The summed E-state index contributed by atoms with van der Waals surface area (Å²) in [5, 5.41) is -0.117. The maximum atomic E-state index is 11.0. The van der Waals surface area contributed by atoms with E-state index < -0.39 is 13.6 Å². The molecule has 0 aliphatic carbocycles. The van der Waals surface area contributed by atoms with Crippen LogP contribution in [0.1, 0.15) is 12.6 Å². The van der Waals surface area contributed by atoms with Crippen LogP contribution in [0.15, 0.2) is 18.3 Å². The zero-order chi connectivity index (χ0) is 12.3. The van der Waals surface area contributed by atoms with Gasteiger partial charge in [-0.3, -0.25) is 14.3 Å². The number of Topliss-reactive ketones (excluding diaryl/α,β-unsaturated/α-hetero) is 1. The number of pyridine rings is 1. The third-order valence-electron chi connectivity index (χ3n) is 2.09. The summed E-state index contributed by atoms with van der Waals surface area (Å²) in [7, 11) is -4.28. The van der Waals surface area contributed by atoms with Crippen LogP contribution in [0.2, 0.25) is 0 Å². The van der Waals surface area contributed by atoms with Crippen molar-refractivity contribution in [2.45, 2.75) is 19.4 Å². The molecule has 6 nitrogen and oxygen atoms in total. The van der Waals surface area contributed by atoms with Crippen LogP contribution in [-0.4, -0.2) is 26.6 Å². The van der Waals surface area contributed by atoms with Gasteiger partial charge < -0.3 is 15.5 Å². The fourth-order valence-corrected chi connectivity index (χ4v) is 1.71. The van der Waals surface area contributed by atoms with E-state index in [1.54, 1.807) is 0 Å². The molecule has 1 atom stereocenters. The first-order chi connectivity index (χ1) is 7.30. The maximum absolute atomic E-state index is 11.0. The number of ketones is 1. The molecule has 0 saturated carbocycles. The van der Waals surface area contributed by atoms with Gasteiger partial charge in [0.05, 0.1) is 11.3 Å². The molecule has 0 unspecified atom stereocenters. The topological polar surface area (TPSA) is 114 Å². The number of hydrogen-bond acceptors (Lipinski definition) is 4. The Labute approximate surface area is 92.7 Å². The molecule has 88 valence electrons. The number of nitrogens with zero attached hydrogens (tertiary/aromatic N) is 1. The Hall–Kier alpha value is -1.07. The van der Waals surface area contributed by atoms with Gasteiger partial charge in [0.2, 0.25) is 0 Å². The number of aromatic nitrogens is 1. The molecule has 0 amide bonds. The van der Waals surface area contributed by atoms with Crippen molar-refractivity contribution < 1.29 is 19.1 Å². The minimum Gasteiger partial charge on any atom is -0.321 e. The van der Waals surface area contributed by atoms with Crippen LogP contribution < -0.4 is 11.0 Å². The Kier molecular flexibility index (Phi) is 3.93. The van der Waals surface area contributed by atoms with Crippen molar-refractivity contribution in [2.24, 2.45) is 5.73 Å². The highest BCUT2D eigenvalue weighted by Crippen LogP contribution is 2.32. The van der Waals surface area contributed by atoms with E-state index in [2.05, 4.69) is 4.98 Å². The van der Waals surface area contributed by atoms with E-state index >= 15 is 0 Å².